The normalized spacial score (nSPS) is 29.4. The Morgan fingerprint density at radius 2 is 1.80 bits per heavy atom. The molecule has 154 valence electrons. The molecule has 30 heavy (non-hydrogen) atoms. The second-order valence-corrected chi connectivity index (χ2v) is 10.3. The average molecular weight is 421 g/mol. The molecule has 1 aromatic heterocycles. The van der Waals surface area contributed by atoms with Crippen molar-refractivity contribution in [3.05, 3.63) is 47.5 Å². The molecule has 0 saturated heterocycles. The van der Waals surface area contributed by atoms with Crippen LogP contribution in [-0.2, 0) is 4.79 Å². The summed E-state index contributed by atoms with van der Waals surface area (Å²) in [5.41, 5.74) is 3.31. The highest BCUT2D eigenvalue weighted by molar-refractivity contribution is 6.31. The van der Waals surface area contributed by atoms with Gasteiger partial charge in [0, 0.05) is 22.7 Å². The molecule has 2 aromatic carbocycles. The molecule has 4 nitrogen and oxygen atoms in total. The van der Waals surface area contributed by atoms with Gasteiger partial charge in [0.15, 0.2) is 5.58 Å². The van der Waals surface area contributed by atoms with Crippen molar-refractivity contribution in [1.82, 2.24) is 4.98 Å². The number of amides is 1. The number of aromatic nitrogens is 1. The van der Waals surface area contributed by atoms with Crippen LogP contribution in [0, 0.1) is 23.2 Å². The minimum Gasteiger partial charge on any atom is -0.436 e. The van der Waals surface area contributed by atoms with Crippen LogP contribution in [0.4, 0.5) is 5.69 Å². The molecule has 4 aliphatic carbocycles. The van der Waals surface area contributed by atoms with Crippen molar-refractivity contribution in [2.45, 2.75) is 44.9 Å². The molecule has 0 spiro atoms. The zero-order valence-corrected chi connectivity index (χ0v) is 17.6. The van der Waals surface area contributed by atoms with Crippen LogP contribution < -0.4 is 5.32 Å². The van der Waals surface area contributed by atoms with Crippen LogP contribution in [0.15, 0.2) is 46.9 Å². The number of carbonyl (C=O) groups excluding carboxylic acids is 1. The van der Waals surface area contributed by atoms with E-state index in [1.165, 1.54) is 38.5 Å². The maximum absolute atomic E-state index is 13.0. The summed E-state index contributed by atoms with van der Waals surface area (Å²) in [7, 11) is 0. The van der Waals surface area contributed by atoms with E-state index in [1.807, 2.05) is 30.3 Å². The highest BCUT2D eigenvalue weighted by atomic mass is 35.5. The lowest BCUT2D eigenvalue weighted by atomic mass is 9.49. The van der Waals surface area contributed by atoms with Crippen LogP contribution in [0.2, 0.25) is 5.02 Å². The first-order chi connectivity index (χ1) is 14.5. The Morgan fingerprint density at radius 3 is 2.53 bits per heavy atom. The lowest BCUT2D eigenvalue weighted by Crippen LogP contribution is -2.47. The van der Waals surface area contributed by atoms with E-state index < -0.39 is 0 Å². The Hall–Kier alpha value is -2.33. The summed E-state index contributed by atoms with van der Waals surface area (Å²) in [6, 6.07) is 13.1. The van der Waals surface area contributed by atoms with E-state index in [1.54, 1.807) is 12.1 Å². The summed E-state index contributed by atoms with van der Waals surface area (Å²) in [6.07, 6.45) is 8.60. The van der Waals surface area contributed by atoms with Crippen molar-refractivity contribution in [2.24, 2.45) is 23.2 Å². The number of oxazole rings is 1. The highest BCUT2D eigenvalue weighted by Gasteiger charge is 2.51. The number of rotatable bonds is 4. The molecule has 0 atom stereocenters. The van der Waals surface area contributed by atoms with Gasteiger partial charge in [0.2, 0.25) is 11.8 Å². The third kappa shape index (κ3) is 3.31. The Morgan fingerprint density at radius 1 is 1.07 bits per heavy atom. The molecule has 7 rings (SSSR count). The number of anilines is 1. The standard InChI is InChI=1S/C25H25ClN2O2/c26-19-4-5-22-21(10-19)28-24(30-22)18-2-1-3-20(9-18)27-23(29)14-25-11-15-6-16(12-25)8-17(7-15)13-25/h1-5,9-10,15-17H,6-8,11-14H2,(H,27,29). The van der Waals surface area contributed by atoms with Crippen molar-refractivity contribution in [2.75, 3.05) is 5.32 Å². The Bertz CT molecular complexity index is 1100. The van der Waals surface area contributed by atoms with E-state index in [9.17, 15) is 4.79 Å². The van der Waals surface area contributed by atoms with Gasteiger partial charge < -0.3 is 9.73 Å². The molecule has 1 heterocycles. The van der Waals surface area contributed by atoms with Gasteiger partial charge in [-0.15, -0.1) is 0 Å². The fourth-order valence-corrected chi connectivity index (χ4v) is 6.97. The molecule has 4 aliphatic rings. The number of nitrogens with one attached hydrogen (secondary N) is 1. The van der Waals surface area contributed by atoms with Gasteiger partial charge in [-0.25, -0.2) is 4.98 Å². The Labute approximate surface area is 181 Å². The quantitative estimate of drug-likeness (QED) is 0.511. The first-order valence-corrected chi connectivity index (χ1v) is 11.4. The molecule has 4 fully saturated rings. The predicted molar refractivity (Wildman–Crippen MR) is 118 cm³/mol. The minimum absolute atomic E-state index is 0.137. The van der Waals surface area contributed by atoms with Gasteiger partial charge in [0.05, 0.1) is 0 Å². The van der Waals surface area contributed by atoms with Gasteiger partial charge >= 0.3 is 0 Å². The second-order valence-electron chi connectivity index (χ2n) is 9.85. The van der Waals surface area contributed by atoms with Crippen LogP contribution in [0.5, 0.6) is 0 Å². The number of nitrogens with zero attached hydrogens (tertiary/aromatic N) is 1. The fourth-order valence-electron chi connectivity index (χ4n) is 6.81. The maximum Gasteiger partial charge on any atom is 0.227 e. The SMILES string of the molecule is O=C(CC12CC3CC(CC(C3)C1)C2)Nc1cccc(-c2nc3cc(Cl)ccc3o2)c1. The lowest BCUT2D eigenvalue weighted by molar-refractivity contribution is -0.124. The topological polar surface area (TPSA) is 55.1 Å². The van der Waals surface area contributed by atoms with Crippen molar-refractivity contribution >= 4 is 34.3 Å². The van der Waals surface area contributed by atoms with E-state index in [-0.39, 0.29) is 11.3 Å². The number of fused-ring (bicyclic) bond motifs is 1. The predicted octanol–water partition coefficient (Wildman–Crippen LogP) is 6.69. The van der Waals surface area contributed by atoms with Crippen LogP contribution in [-0.4, -0.2) is 10.9 Å². The van der Waals surface area contributed by atoms with Gasteiger partial charge in [-0.3, -0.25) is 4.79 Å². The van der Waals surface area contributed by atoms with Crippen molar-refractivity contribution in [3.8, 4) is 11.5 Å². The monoisotopic (exact) mass is 420 g/mol. The van der Waals surface area contributed by atoms with Gasteiger partial charge in [0.25, 0.3) is 0 Å². The molecule has 1 N–H and O–H groups in total. The summed E-state index contributed by atoms with van der Waals surface area (Å²) < 4.78 is 5.88. The van der Waals surface area contributed by atoms with Crippen LogP contribution in [0.3, 0.4) is 0 Å². The Kier molecular flexibility index (Phi) is 4.21. The smallest absolute Gasteiger partial charge is 0.227 e. The zero-order chi connectivity index (χ0) is 20.3. The van der Waals surface area contributed by atoms with Gasteiger partial charge in [-0.05, 0) is 98.1 Å². The molecule has 4 saturated carbocycles. The van der Waals surface area contributed by atoms with Crippen LogP contribution in [0.25, 0.3) is 22.6 Å². The lowest BCUT2D eigenvalue weighted by Gasteiger charge is -2.56. The van der Waals surface area contributed by atoms with Gasteiger partial charge in [0.1, 0.15) is 5.52 Å². The Balaban J connectivity index is 1.19. The van der Waals surface area contributed by atoms with E-state index in [4.69, 9.17) is 16.0 Å². The first-order valence-electron chi connectivity index (χ1n) is 11.0. The highest BCUT2D eigenvalue weighted by Crippen LogP contribution is 2.61. The van der Waals surface area contributed by atoms with Crippen LogP contribution >= 0.6 is 11.6 Å². The molecule has 0 radical (unpaired) electrons. The molecule has 4 bridgehead atoms. The second kappa shape index (κ2) is 6.84. The molecule has 0 aliphatic heterocycles. The maximum atomic E-state index is 13.0. The summed E-state index contributed by atoms with van der Waals surface area (Å²) in [4.78, 5) is 17.5. The third-order valence-corrected chi connectivity index (χ3v) is 7.68. The number of hydrogen-bond donors (Lipinski definition) is 1. The number of benzene rings is 2. The van der Waals surface area contributed by atoms with E-state index in [2.05, 4.69) is 10.3 Å². The number of carbonyl (C=O) groups is 1. The third-order valence-electron chi connectivity index (χ3n) is 7.44. The minimum atomic E-state index is 0.137. The van der Waals surface area contributed by atoms with Crippen molar-refractivity contribution < 1.29 is 9.21 Å². The van der Waals surface area contributed by atoms with E-state index in [0.717, 1.165) is 34.5 Å². The van der Waals surface area contributed by atoms with Gasteiger partial charge in [-0.1, -0.05) is 17.7 Å². The van der Waals surface area contributed by atoms with Crippen molar-refractivity contribution in [1.29, 1.82) is 0 Å². The molecule has 0 unspecified atom stereocenters. The van der Waals surface area contributed by atoms with E-state index in [0.29, 0.717) is 22.9 Å². The zero-order valence-electron chi connectivity index (χ0n) is 16.9. The molecule has 5 heteroatoms. The molecular weight excluding hydrogens is 396 g/mol. The van der Waals surface area contributed by atoms with E-state index >= 15 is 0 Å². The fraction of sp³-hybridized carbons (Fsp3) is 0.440. The molecular formula is C25H25ClN2O2. The largest absolute Gasteiger partial charge is 0.436 e. The summed E-state index contributed by atoms with van der Waals surface area (Å²) >= 11 is 6.06. The first kappa shape index (κ1) is 18.4. The van der Waals surface area contributed by atoms with Crippen LogP contribution in [0.1, 0.15) is 44.9 Å². The average Bonchev–Trinajstić information content (AvgIpc) is 3.10. The number of halogens is 1. The molecule has 3 aromatic rings. The van der Waals surface area contributed by atoms with Crippen molar-refractivity contribution in [3.63, 3.8) is 0 Å². The van der Waals surface area contributed by atoms with Gasteiger partial charge in [-0.2, -0.15) is 0 Å². The molecule has 1 amide bonds. The summed E-state index contributed by atoms with van der Waals surface area (Å²) in [5, 5.41) is 3.77. The summed E-state index contributed by atoms with van der Waals surface area (Å²) in [6.45, 7) is 0. The number of hydrogen-bond acceptors (Lipinski definition) is 3. The summed E-state index contributed by atoms with van der Waals surface area (Å²) in [5.74, 6) is 3.25.